The van der Waals surface area contributed by atoms with Crippen LogP contribution in [0.1, 0.15) is 18.4 Å². The van der Waals surface area contributed by atoms with Gasteiger partial charge in [0.15, 0.2) is 0 Å². The summed E-state index contributed by atoms with van der Waals surface area (Å²) < 4.78 is 29.6. The van der Waals surface area contributed by atoms with Gasteiger partial charge in [0, 0.05) is 19.7 Å². The number of hydrogen-bond donors (Lipinski definition) is 1. The lowest BCUT2D eigenvalue weighted by atomic mass is 10.2. The maximum Gasteiger partial charge on any atom is 0.253 e. The first kappa shape index (κ1) is 14.5. The van der Waals surface area contributed by atoms with E-state index in [1.165, 1.54) is 0 Å². The number of sulfonamides is 1. The number of methoxy groups -OCH3 is 1. The first-order valence-corrected chi connectivity index (χ1v) is 7.86. The van der Waals surface area contributed by atoms with Crippen molar-refractivity contribution in [1.29, 1.82) is 0 Å². The molecule has 0 radical (unpaired) electrons. The van der Waals surface area contributed by atoms with Crippen molar-refractivity contribution >= 4 is 10.0 Å². The molecule has 1 fully saturated rings. The summed E-state index contributed by atoms with van der Waals surface area (Å²) >= 11 is 0. The molecule has 0 unspecified atom stereocenters. The molecule has 0 aromatic heterocycles. The summed E-state index contributed by atoms with van der Waals surface area (Å²) in [4.78, 5) is 2.94. The number of nitrogens with one attached hydrogen (secondary N) is 1. The van der Waals surface area contributed by atoms with Crippen LogP contribution in [-0.2, 0) is 14.8 Å². The zero-order chi connectivity index (χ0) is 13.9. The summed E-state index contributed by atoms with van der Waals surface area (Å²) in [6.07, 6.45) is 1.93. The third-order valence-corrected chi connectivity index (χ3v) is 4.67. The molecular weight excluding hydrogens is 264 g/mol. The summed E-state index contributed by atoms with van der Waals surface area (Å²) in [7, 11) is -1.86. The van der Waals surface area contributed by atoms with Crippen LogP contribution in [0.4, 0.5) is 0 Å². The van der Waals surface area contributed by atoms with Gasteiger partial charge in [0.1, 0.15) is 0 Å². The predicted octanol–water partition coefficient (Wildman–Crippen LogP) is 1.30. The van der Waals surface area contributed by atoms with Gasteiger partial charge >= 0.3 is 0 Å². The average molecular weight is 284 g/mol. The summed E-state index contributed by atoms with van der Waals surface area (Å²) in [5.74, 6) is 0. The summed E-state index contributed by atoms with van der Waals surface area (Å²) in [6, 6.07) is 6.96. The van der Waals surface area contributed by atoms with Crippen LogP contribution in [0.5, 0.6) is 0 Å². The molecule has 0 aliphatic carbocycles. The molecule has 1 aliphatic rings. The van der Waals surface area contributed by atoms with Gasteiger partial charge in [-0.3, -0.25) is 0 Å². The fourth-order valence-corrected chi connectivity index (χ4v) is 3.39. The lowest BCUT2D eigenvalue weighted by molar-refractivity contribution is 0.104. The second-order valence-corrected chi connectivity index (χ2v) is 6.51. The summed E-state index contributed by atoms with van der Waals surface area (Å²) in [5, 5.41) is 1.76. The number of nitrogens with zero attached hydrogens (tertiary/aromatic N) is 1. The number of hydrogen-bond acceptors (Lipinski definition) is 4. The van der Waals surface area contributed by atoms with Crippen LogP contribution >= 0.6 is 0 Å². The van der Waals surface area contributed by atoms with Gasteiger partial charge in [0.05, 0.1) is 11.5 Å². The van der Waals surface area contributed by atoms with Gasteiger partial charge < -0.3 is 4.74 Å². The smallest absolute Gasteiger partial charge is 0.253 e. The molecule has 0 saturated carbocycles. The Morgan fingerprint density at radius 3 is 2.68 bits per heavy atom. The quantitative estimate of drug-likeness (QED) is 0.885. The summed E-state index contributed by atoms with van der Waals surface area (Å²) in [5.41, 5.74) is 1.04. The molecule has 1 aromatic carbocycles. The molecule has 1 atom stereocenters. The molecule has 5 nitrogen and oxygen atoms in total. The predicted molar refractivity (Wildman–Crippen MR) is 73.1 cm³/mol. The number of aryl methyl sites for hydroxylation is 1. The molecule has 1 aromatic rings. The third-order valence-electron chi connectivity index (χ3n) is 3.30. The monoisotopic (exact) mass is 284 g/mol. The summed E-state index contributed by atoms with van der Waals surface area (Å²) in [6.45, 7) is 3.19. The minimum atomic E-state index is -3.49. The number of benzene rings is 1. The second kappa shape index (κ2) is 6.00. The van der Waals surface area contributed by atoms with Gasteiger partial charge in [-0.15, -0.1) is 4.83 Å². The fourth-order valence-electron chi connectivity index (χ4n) is 2.25. The van der Waals surface area contributed by atoms with E-state index < -0.39 is 10.0 Å². The van der Waals surface area contributed by atoms with Crippen LogP contribution < -0.4 is 4.83 Å². The highest BCUT2D eigenvalue weighted by atomic mass is 32.2. The molecule has 0 bridgehead atoms. The fraction of sp³-hybridized carbons (Fsp3) is 0.538. The molecule has 2 rings (SSSR count). The van der Waals surface area contributed by atoms with Crippen LogP contribution in [0, 0.1) is 6.92 Å². The standard InChI is InChI=1S/C13H20N2O3S/c1-11-5-7-13(8-6-11)19(16,17)14-15-9-3-4-12(15)10-18-2/h5-8,12,14H,3-4,9-10H2,1-2H3/t12-/m0/s1. The van der Waals surface area contributed by atoms with Crippen LogP contribution in [0.25, 0.3) is 0 Å². The minimum Gasteiger partial charge on any atom is -0.383 e. The largest absolute Gasteiger partial charge is 0.383 e. The van der Waals surface area contributed by atoms with Gasteiger partial charge in [-0.05, 0) is 31.9 Å². The molecule has 1 aliphatic heterocycles. The Labute approximate surface area is 114 Å². The normalized spacial score (nSPS) is 20.8. The highest BCUT2D eigenvalue weighted by molar-refractivity contribution is 7.89. The van der Waals surface area contributed by atoms with Crippen molar-refractivity contribution in [2.24, 2.45) is 0 Å². The lowest BCUT2D eigenvalue weighted by Gasteiger charge is -2.24. The van der Waals surface area contributed by atoms with Gasteiger partial charge in [-0.25, -0.2) is 13.4 Å². The molecule has 1 heterocycles. The van der Waals surface area contributed by atoms with Crippen molar-refractivity contribution in [2.75, 3.05) is 20.3 Å². The Bertz CT molecular complexity index is 513. The van der Waals surface area contributed by atoms with E-state index >= 15 is 0 Å². The topological polar surface area (TPSA) is 58.6 Å². The van der Waals surface area contributed by atoms with Crippen molar-refractivity contribution in [3.63, 3.8) is 0 Å². The van der Waals surface area contributed by atoms with E-state index in [4.69, 9.17) is 4.74 Å². The molecule has 106 valence electrons. The lowest BCUT2D eigenvalue weighted by Crippen LogP contribution is -2.46. The van der Waals surface area contributed by atoms with Crippen molar-refractivity contribution in [3.8, 4) is 0 Å². The Kier molecular flexibility index (Phi) is 4.57. The second-order valence-electron chi connectivity index (χ2n) is 4.85. The van der Waals surface area contributed by atoms with E-state index in [1.54, 1.807) is 36.4 Å². The van der Waals surface area contributed by atoms with Gasteiger partial charge in [-0.2, -0.15) is 0 Å². The molecule has 0 amide bonds. The zero-order valence-electron chi connectivity index (χ0n) is 11.3. The van der Waals surface area contributed by atoms with E-state index in [-0.39, 0.29) is 6.04 Å². The number of hydrazine groups is 1. The molecule has 0 spiro atoms. The van der Waals surface area contributed by atoms with Crippen LogP contribution in [0.15, 0.2) is 29.2 Å². The Hall–Kier alpha value is -0.950. The third kappa shape index (κ3) is 3.54. The Morgan fingerprint density at radius 2 is 2.05 bits per heavy atom. The molecule has 6 heteroatoms. The molecule has 1 N–H and O–H groups in total. The number of ether oxygens (including phenoxy) is 1. The Morgan fingerprint density at radius 1 is 1.37 bits per heavy atom. The maximum absolute atomic E-state index is 12.3. The molecule has 19 heavy (non-hydrogen) atoms. The van der Waals surface area contributed by atoms with Crippen LogP contribution in [0.3, 0.4) is 0 Å². The Balaban J connectivity index is 2.10. The van der Waals surface area contributed by atoms with Crippen LogP contribution in [-0.4, -0.2) is 39.7 Å². The zero-order valence-corrected chi connectivity index (χ0v) is 12.1. The van der Waals surface area contributed by atoms with Gasteiger partial charge in [0.25, 0.3) is 10.0 Å². The van der Waals surface area contributed by atoms with Gasteiger partial charge in [0.2, 0.25) is 0 Å². The number of rotatable bonds is 5. The molecule has 1 saturated heterocycles. The van der Waals surface area contributed by atoms with E-state index in [0.717, 1.165) is 24.9 Å². The SMILES string of the molecule is COC[C@@H]1CCCN1NS(=O)(=O)c1ccc(C)cc1. The van der Waals surface area contributed by atoms with Crippen LogP contribution in [0.2, 0.25) is 0 Å². The first-order chi connectivity index (χ1) is 9.03. The highest BCUT2D eigenvalue weighted by Gasteiger charge is 2.28. The molecular formula is C13H20N2O3S. The van der Waals surface area contributed by atoms with E-state index in [0.29, 0.717) is 11.5 Å². The van der Waals surface area contributed by atoms with E-state index in [9.17, 15) is 8.42 Å². The van der Waals surface area contributed by atoms with Crippen molar-refractivity contribution < 1.29 is 13.2 Å². The average Bonchev–Trinajstić information content (AvgIpc) is 2.77. The van der Waals surface area contributed by atoms with Gasteiger partial charge in [-0.1, -0.05) is 17.7 Å². The highest BCUT2D eigenvalue weighted by Crippen LogP contribution is 2.18. The minimum absolute atomic E-state index is 0.116. The van der Waals surface area contributed by atoms with Crippen molar-refractivity contribution in [2.45, 2.75) is 30.7 Å². The van der Waals surface area contributed by atoms with Crippen molar-refractivity contribution in [1.82, 2.24) is 9.84 Å². The van der Waals surface area contributed by atoms with E-state index in [2.05, 4.69) is 4.83 Å². The van der Waals surface area contributed by atoms with Crippen molar-refractivity contribution in [3.05, 3.63) is 29.8 Å². The first-order valence-electron chi connectivity index (χ1n) is 6.37. The maximum atomic E-state index is 12.3. The van der Waals surface area contributed by atoms with E-state index in [1.807, 2.05) is 6.92 Å².